The zero-order valence-corrected chi connectivity index (χ0v) is 16.1. The third-order valence-electron chi connectivity index (χ3n) is 4.63. The summed E-state index contributed by atoms with van der Waals surface area (Å²) in [4.78, 5) is 13.8. The molecule has 5 nitrogen and oxygen atoms in total. The molecule has 0 spiro atoms. The van der Waals surface area contributed by atoms with E-state index in [-0.39, 0.29) is 23.5 Å². The van der Waals surface area contributed by atoms with Gasteiger partial charge in [0.25, 0.3) is 0 Å². The van der Waals surface area contributed by atoms with Crippen molar-refractivity contribution < 1.29 is 17.9 Å². The number of carbonyl (C=O) groups is 1. The first kappa shape index (κ1) is 19.2. The van der Waals surface area contributed by atoms with Crippen LogP contribution in [0.25, 0.3) is 6.08 Å². The summed E-state index contributed by atoms with van der Waals surface area (Å²) in [5.74, 6) is 0.725. The predicted octanol–water partition coefficient (Wildman–Crippen LogP) is 2.92. The average Bonchev–Trinajstić information content (AvgIpc) is 3.05. The van der Waals surface area contributed by atoms with Crippen molar-refractivity contribution in [2.45, 2.75) is 19.1 Å². The van der Waals surface area contributed by atoms with Gasteiger partial charge >= 0.3 is 0 Å². The van der Waals surface area contributed by atoms with Gasteiger partial charge in [-0.2, -0.15) is 0 Å². The Morgan fingerprint density at radius 3 is 2.67 bits per heavy atom. The van der Waals surface area contributed by atoms with Crippen LogP contribution in [0.4, 0.5) is 0 Å². The highest BCUT2D eigenvalue weighted by Gasteiger charge is 2.31. The largest absolute Gasteiger partial charge is 0.489 e. The van der Waals surface area contributed by atoms with Crippen LogP contribution in [0.5, 0.6) is 5.75 Å². The molecular weight excluding hydrogens is 362 g/mol. The van der Waals surface area contributed by atoms with E-state index in [2.05, 4.69) is 0 Å². The van der Waals surface area contributed by atoms with Crippen LogP contribution in [0.2, 0.25) is 0 Å². The molecule has 3 rings (SSSR count). The monoisotopic (exact) mass is 385 g/mol. The van der Waals surface area contributed by atoms with Crippen LogP contribution in [0.3, 0.4) is 0 Å². The molecule has 0 bridgehead atoms. The zero-order chi connectivity index (χ0) is 19.3. The minimum Gasteiger partial charge on any atom is -0.489 e. The fraction of sp³-hybridized carbons (Fsp3) is 0.286. The highest BCUT2D eigenvalue weighted by Crippen LogP contribution is 2.18. The third-order valence-corrected chi connectivity index (χ3v) is 6.38. The Morgan fingerprint density at radius 1 is 1.19 bits per heavy atom. The second kappa shape index (κ2) is 8.39. The van der Waals surface area contributed by atoms with Crippen molar-refractivity contribution in [1.82, 2.24) is 4.90 Å². The van der Waals surface area contributed by atoms with E-state index in [0.717, 1.165) is 16.9 Å². The summed E-state index contributed by atoms with van der Waals surface area (Å²) in [5, 5.41) is 0. The Morgan fingerprint density at radius 2 is 1.96 bits per heavy atom. The molecule has 0 radical (unpaired) electrons. The smallest absolute Gasteiger partial charge is 0.246 e. The molecule has 1 fully saturated rings. The molecule has 0 aliphatic carbocycles. The Hall–Kier alpha value is -2.60. The Labute approximate surface area is 160 Å². The van der Waals surface area contributed by atoms with Gasteiger partial charge in [0.15, 0.2) is 9.84 Å². The highest BCUT2D eigenvalue weighted by molar-refractivity contribution is 7.91. The number of carbonyl (C=O) groups excluding carboxylic acids is 1. The number of rotatable bonds is 6. The summed E-state index contributed by atoms with van der Waals surface area (Å²) >= 11 is 0. The van der Waals surface area contributed by atoms with Crippen molar-refractivity contribution in [3.05, 3.63) is 71.8 Å². The molecule has 27 heavy (non-hydrogen) atoms. The molecule has 2 aromatic rings. The molecule has 1 amide bonds. The van der Waals surface area contributed by atoms with E-state index < -0.39 is 9.84 Å². The molecule has 1 aliphatic rings. The molecule has 0 N–H and O–H groups in total. The number of hydrogen-bond acceptors (Lipinski definition) is 4. The van der Waals surface area contributed by atoms with E-state index in [4.69, 9.17) is 4.74 Å². The molecule has 1 saturated heterocycles. The minimum atomic E-state index is -3.01. The van der Waals surface area contributed by atoms with Gasteiger partial charge in [-0.3, -0.25) is 4.79 Å². The van der Waals surface area contributed by atoms with Crippen LogP contribution >= 0.6 is 0 Å². The molecule has 1 aliphatic heterocycles. The molecular formula is C21H23NO4S. The first-order valence-corrected chi connectivity index (χ1v) is 10.7. The van der Waals surface area contributed by atoms with Gasteiger partial charge in [0, 0.05) is 19.2 Å². The first-order chi connectivity index (χ1) is 12.9. The molecule has 6 heteroatoms. The summed E-state index contributed by atoms with van der Waals surface area (Å²) in [7, 11) is -1.36. The van der Waals surface area contributed by atoms with E-state index >= 15 is 0 Å². The molecule has 0 aromatic heterocycles. The summed E-state index contributed by atoms with van der Waals surface area (Å²) in [6, 6.07) is 17.2. The van der Waals surface area contributed by atoms with E-state index in [0.29, 0.717) is 13.0 Å². The van der Waals surface area contributed by atoms with Crippen molar-refractivity contribution in [3.63, 3.8) is 0 Å². The van der Waals surface area contributed by atoms with Crippen LogP contribution in [-0.4, -0.2) is 43.8 Å². The Bertz CT molecular complexity index is 922. The lowest BCUT2D eigenvalue weighted by Gasteiger charge is -2.21. The minimum absolute atomic E-state index is 0.0475. The SMILES string of the molecule is CN(C(=O)/C=C/c1cccc(OCc2ccccc2)c1)C1CCS(=O)(=O)C1. The maximum atomic E-state index is 12.3. The number of amides is 1. The average molecular weight is 385 g/mol. The highest BCUT2D eigenvalue weighted by atomic mass is 32.2. The summed E-state index contributed by atoms with van der Waals surface area (Å²) in [5.41, 5.74) is 1.93. The van der Waals surface area contributed by atoms with Crippen molar-refractivity contribution in [2.24, 2.45) is 0 Å². The van der Waals surface area contributed by atoms with Gasteiger partial charge in [-0.15, -0.1) is 0 Å². The first-order valence-electron chi connectivity index (χ1n) is 8.85. The molecule has 2 aromatic carbocycles. The van der Waals surface area contributed by atoms with E-state index in [1.807, 2.05) is 54.6 Å². The van der Waals surface area contributed by atoms with Gasteiger partial charge in [0.05, 0.1) is 11.5 Å². The van der Waals surface area contributed by atoms with Crippen LogP contribution in [0.15, 0.2) is 60.7 Å². The standard InChI is InChI=1S/C21H23NO4S/c1-22(19-12-13-27(24,25)16-19)21(23)11-10-17-8-5-9-20(14-17)26-15-18-6-3-2-4-7-18/h2-11,14,19H,12-13,15-16H2,1H3/b11-10+. The van der Waals surface area contributed by atoms with Crippen molar-refractivity contribution in [2.75, 3.05) is 18.6 Å². The normalized spacial score (nSPS) is 18.5. The lowest BCUT2D eigenvalue weighted by Crippen LogP contribution is -2.36. The van der Waals surface area contributed by atoms with Gasteiger partial charge in [-0.05, 0) is 35.8 Å². The third kappa shape index (κ3) is 5.44. The van der Waals surface area contributed by atoms with Crippen LogP contribution in [0, 0.1) is 0 Å². The number of benzene rings is 2. The van der Waals surface area contributed by atoms with Gasteiger partial charge in [-0.1, -0.05) is 42.5 Å². The van der Waals surface area contributed by atoms with Crippen molar-refractivity contribution in [1.29, 1.82) is 0 Å². The molecule has 142 valence electrons. The predicted molar refractivity (Wildman–Crippen MR) is 106 cm³/mol. The number of likely N-dealkylation sites (N-methyl/N-ethyl adjacent to an activating group) is 1. The van der Waals surface area contributed by atoms with E-state index in [1.54, 1.807) is 13.1 Å². The second-order valence-corrected chi connectivity index (χ2v) is 8.91. The fourth-order valence-corrected chi connectivity index (χ4v) is 4.77. The van der Waals surface area contributed by atoms with Crippen LogP contribution in [-0.2, 0) is 21.2 Å². The number of nitrogens with zero attached hydrogens (tertiary/aromatic N) is 1. The number of sulfone groups is 1. The van der Waals surface area contributed by atoms with Gasteiger partial charge in [0.1, 0.15) is 12.4 Å². The second-order valence-electron chi connectivity index (χ2n) is 6.69. The Balaban J connectivity index is 1.59. The summed E-state index contributed by atoms with van der Waals surface area (Å²) < 4.78 is 29.0. The maximum Gasteiger partial charge on any atom is 0.246 e. The van der Waals surface area contributed by atoms with Gasteiger partial charge in [-0.25, -0.2) is 8.42 Å². The van der Waals surface area contributed by atoms with Crippen LogP contribution < -0.4 is 4.74 Å². The molecule has 1 unspecified atom stereocenters. The van der Waals surface area contributed by atoms with E-state index in [1.165, 1.54) is 11.0 Å². The lowest BCUT2D eigenvalue weighted by molar-refractivity contribution is -0.126. The van der Waals surface area contributed by atoms with Crippen molar-refractivity contribution >= 4 is 21.8 Å². The Kier molecular flexibility index (Phi) is 5.96. The topological polar surface area (TPSA) is 63.7 Å². The van der Waals surface area contributed by atoms with Crippen molar-refractivity contribution in [3.8, 4) is 5.75 Å². The number of ether oxygens (including phenoxy) is 1. The van der Waals surface area contributed by atoms with E-state index in [9.17, 15) is 13.2 Å². The molecule has 1 atom stereocenters. The van der Waals surface area contributed by atoms with Gasteiger partial charge in [0.2, 0.25) is 5.91 Å². The van der Waals surface area contributed by atoms with Crippen LogP contribution in [0.1, 0.15) is 17.5 Å². The summed E-state index contributed by atoms with van der Waals surface area (Å²) in [6.07, 6.45) is 3.69. The van der Waals surface area contributed by atoms with Gasteiger partial charge < -0.3 is 9.64 Å². The quantitative estimate of drug-likeness (QED) is 0.717. The zero-order valence-electron chi connectivity index (χ0n) is 15.2. The fourth-order valence-electron chi connectivity index (χ4n) is 2.99. The lowest BCUT2D eigenvalue weighted by atomic mass is 10.2. The summed E-state index contributed by atoms with van der Waals surface area (Å²) in [6.45, 7) is 0.478. The molecule has 1 heterocycles. The number of hydrogen-bond donors (Lipinski definition) is 0. The molecule has 0 saturated carbocycles. The maximum absolute atomic E-state index is 12.3.